The maximum Gasteiger partial charge on any atom is 0.230 e. The first-order chi connectivity index (χ1) is 12.7. The molecular formula is C18H17BrN4OS2. The topological polar surface area (TPSA) is 59.8 Å². The van der Waals surface area contributed by atoms with E-state index in [0.717, 1.165) is 20.7 Å². The molecule has 0 aliphatic carbocycles. The van der Waals surface area contributed by atoms with Crippen molar-refractivity contribution >= 4 is 44.9 Å². The number of thioether (sulfide) groups is 1. The van der Waals surface area contributed by atoms with E-state index in [4.69, 9.17) is 0 Å². The van der Waals surface area contributed by atoms with Crippen LogP contribution < -0.4 is 5.32 Å². The van der Waals surface area contributed by atoms with E-state index in [2.05, 4.69) is 38.0 Å². The number of hydrogen-bond donors (Lipinski definition) is 1. The molecule has 134 valence electrons. The first-order valence-electron chi connectivity index (χ1n) is 7.89. The number of halogens is 1. The Balaban J connectivity index is 1.66. The lowest BCUT2D eigenvalue weighted by Crippen LogP contribution is -2.24. The molecule has 1 N–H and O–H groups in total. The minimum absolute atomic E-state index is 0.0262. The molecule has 1 aromatic carbocycles. The van der Waals surface area contributed by atoms with Gasteiger partial charge in [0.1, 0.15) is 0 Å². The molecule has 2 heterocycles. The molecule has 0 unspecified atom stereocenters. The van der Waals surface area contributed by atoms with E-state index in [1.54, 1.807) is 17.4 Å². The first-order valence-corrected chi connectivity index (χ1v) is 10.5. The van der Waals surface area contributed by atoms with Crippen LogP contribution in [0, 0.1) is 0 Å². The number of benzene rings is 1. The normalized spacial score (nSPS) is 10.7. The SMILES string of the molecule is C=CCn1c(SCC(=O)NCc2cccs2)nnc1-c1ccc(Br)cc1. The van der Waals surface area contributed by atoms with Crippen molar-refractivity contribution in [1.29, 1.82) is 0 Å². The molecule has 5 nitrogen and oxygen atoms in total. The van der Waals surface area contributed by atoms with Crippen LogP contribution in [0.4, 0.5) is 0 Å². The predicted octanol–water partition coefficient (Wildman–Crippen LogP) is 4.36. The lowest BCUT2D eigenvalue weighted by Gasteiger charge is -2.08. The number of rotatable bonds is 8. The standard InChI is InChI=1S/C18H17BrN4OS2/c1-2-9-23-17(13-5-7-14(19)8-6-13)21-22-18(23)26-12-16(24)20-11-15-4-3-10-25-15/h2-8,10H,1,9,11-12H2,(H,20,24). The fourth-order valence-electron chi connectivity index (χ4n) is 2.28. The fraction of sp³-hybridized carbons (Fsp3) is 0.167. The molecule has 0 saturated carbocycles. The Morgan fingerprint density at radius 1 is 1.31 bits per heavy atom. The summed E-state index contributed by atoms with van der Waals surface area (Å²) in [4.78, 5) is 13.2. The molecule has 1 amide bonds. The molecule has 26 heavy (non-hydrogen) atoms. The van der Waals surface area contributed by atoms with E-state index >= 15 is 0 Å². The number of carbonyl (C=O) groups is 1. The summed E-state index contributed by atoms with van der Waals surface area (Å²) in [5, 5.41) is 14.2. The minimum Gasteiger partial charge on any atom is -0.350 e. The third kappa shape index (κ3) is 4.84. The van der Waals surface area contributed by atoms with Crippen molar-refractivity contribution in [3.8, 4) is 11.4 Å². The highest BCUT2D eigenvalue weighted by Gasteiger charge is 2.15. The second kappa shape index (κ2) is 9.16. The molecule has 0 aliphatic rings. The smallest absolute Gasteiger partial charge is 0.230 e. The van der Waals surface area contributed by atoms with E-state index < -0.39 is 0 Å². The number of amides is 1. The number of thiophene rings is 1. The van der Waals surface area contributed by atoms with Gasteiger partial charge in [-0.3, -0.25) is 9.36 Å². The van der Waals surface area contributed by atoms with Gasteiger partial charge in [0.25, 0.3) is 0 Å². The summed E-state index contributed by atoms with van der Waals surface area (Å²) < 4.78 is 2.97. The number of carbonyl (C=O) groups excluding carboxylic acids is 1. The zero-order valence-electron chi connectivity index (χ0n) is 13.9. The van der Waals surface area contributed by atoms with E-state index in [1.165, 1.54) is 11.8 Å². The highest BCUT2D eigenvalue weighted by atomic mass is 79.9. The molecule has 3 aromatic rings. The lowest BCUT2D eigenvalue weighted by atomic mass is 10.2. The average molecular weight is 449 g/mol. The Labute approximate surface area is 168 Å². The lowest BCUT2D eigenvalue weighted by molar-refractivity contribution is -0.118. The Kier molecular flexibility index (Phi) is 6.65. The van der Waals surface area contributed by atoms with Crippen molar-refractivity contribution in [2.75, 3.05) is 5.75 Å². The third-order valence-electron chi connectivity index (χ3n) is 3.50. The van der Waals surface area contributed by atoms with Crippen LogP contribution in [0.15, 0.2) is 64.1 Å². The number of aromatic nitrogens is 3. The number of allylic oxidation sites excluding steroid dienone is 1. The maximum atomic E-state index is 12.1. The molecule has 0 fully saturated rings. The summed E-state index contributed by atoms with van der Waals surface area (Å²) in [6.07, 6.45) is 1.80. The average Bonchev–Trinajstić information content (AvgIpc) is 3.29. The Hall–Kier alpha value is -1.90. The maximum absolute atomic E-state index is 12.1. The van der Waals surface area contributed by atoms with Gasteiger partial charge in [0, 0.05) is 21.5 Å². The van der Waals surface area contributed by atoms with E-state index in [1.807, 2.05) is 46.3 Å². The molecule has 0 bridgehead atoms. The van der Waals surface area contributed by atoms with Gasteiger partial charge in [-0.25, -0.2) is 0 Å². The third-order valence-corrected chi connectivity index (χ3v) is 5.88. The molecule has 0 saturated heterocycles. The van der Waals surface area contributed by atoms with Crippen LogP contribution in [0.3, 0.4) is 0 Å². The van der Waals surface area contributed by atoms with E-state index in [0.29, 0.717) is 24.0 Å². The monoisotopic (exact) mass is 448 g/mol. The van der Waals surface area contributed by atoms with Crippen molar-refractivity contribution < 1.29 is 4.79 Å². The van der Waals surface area contributed by atoms with Crippen LogP contribution in [0.1, 0.15) is 4.88 Å². The van der Waals surface area contributed by atoms with E-state index in [9.17, 15) is 4.79 Å². The van der Waals surface area contributed by atoms with Crippen molar-refractivity contribution in [3.05, 3.63) is 63.8 Å². The predicted molar refractivity (Wildman–Crippen MR) is 110 cm³/mol. The van der Waals surface area contributed by atoms with Crippen molar-refractivity contribution in [3.63, 3.8) is 0 Å². The van der Waals surface area contributed by atoms with Crippen LogP contribution in [0.5, 0.6) is 0 Å². The summed E-state index contributed by atoms with van der Waals surface area (Å²) in [5.74, 6) is 1.03. The second-order valence-corrected chi connectivity index (χ2v) is 8.25. The second-order valence-electron chi connectivity index (χ2n) is 5.36. The summed E-state index contributed by atoms with van der Waals surface area (Å²) in [6, 6.07) is 11.9. The van der Waals surface area contributed by atoms with Gasteiger partial charge in [0.2, 0.25) is 5.91 Å². The Morgan fingerprint density at radius 2 is 2.12 bits per heavy atom. The van der Waals surface area contributed by atoms with Crippen LogP contribution in [0.2, 0.25) is 0 Å². The molecular weight excluding hydrogens is 432 g/mol. The van der Waals surface area contributed by atoms with Gasteiger partial charge in [0.15, 0.2) is 11.0 Å². The van der Waals surface area contributed by atoms with Gasteiger partial charge in [-0.15, -0.1) is 28.1 Å². The van der Waals surface area contributed by atoms with Gasteiger partial charge >= 0.3 is 0 Å². The Morgan fingerprint density at radius 3 is 2.81 bits per heavy atom. The minimum atomic E-state index is -0.0262. The largest absolute Gasteiger partial charge is 0.350 e. The quantitative estimate of drug-likeness (QED) is 0.410. The summed E-state index contributed by atoms with van der Waals surface area (Å²) in [7, 11) is 0. The summed E-state index contributed by atoms with van der Waals surface area (Å²) in [5.41, 5.74) is 0.969. The zero-order valence-corrected chi connectivity index (χ0v) is 17.1. The van der Waals surface area contributed by atoms with Gasteiger partial charge < -0.3 is 5.32 Å². The molecule has 2 aromatic heterocycles. The molecule has 0 aliphatic heterocycles. The molecule has 0 atom stereocenters. The zero-order chi connectivity index (χ0) is 18.4. The van der Waals surface area contributed by atoms with Crippen molar-refractivity contribution in [1.82, 2.24) is 20.1 Å². The molecule has 8 heteroatoms. The number of hydrogen-bond acceptors (Lipinski definition) is 5. The molecule has 0 radical (unpaired) electrons. The van der Waals surface area contributed by atoms with Crippen LogP contribution in [0.25, 0.3) is 11.4 Å². The van der Waals surface area contributed by atoms with Crippen LogP contribution in [-0.2, 0) is 17.9 Å². The number of nitrogens with one attached hydrogen (secondary N) is 1. The fourth-order valence-corrected chi connectivity index (χ4v) is 3.97. The summed E-state index contributed by atoms with van der Waals surface area (Å²) >= 11 is 6.44. The van der Waals surface area contributed by atoms with Gasteiger partial charge in [-0.2, -0.15) is 0 Å². The number of nitrogens with zero attached hydrogens (tertiary/aromatic N) is 3. The first kappa shape index (κ1) is 18.9. The van der Waals surface area contributed by atoms with Crippen LogP contribution in [-0.4, -0.2) is 26.4 Å². The van der Waals surface area contributed by atoms with Gasteiger partial charge in [-0.05, 0) is 23.6 Å². The van der Waals surface area contributed by atoms with Gasteiger partial charge in [0.05, 0.1) is 12.3 Å². The Bertz CT molecular complexity index is 875. The van der Waals surface area contributed by atoms with Gasteiger partial charge in [-0.1, -0.05) is 52.0 Å². The van der Waals surface area contributed by atoms with Crippen LogP contribution >= 0.6 is 39.0 Å². The highest BCUT2D eigenvalue weighted by Crippen LogP contribution is 2.25. The van der Waals surface area contributed by atoms with Crippen molar-refractivity contribution in [2.45, 2.75) is 18.2 Å². The summed E-state index contributed by atoms with van der Waals surface area (Å²) in [6.45, 7) is 4.94. The molecule has 0 spiro atoms. The highest BCUT2D eigenvalue weighted by molar-refractivity contribution is 9.10. The van der Waals surface area contributed by atoms with Crippen molar-refractivity contribution in [2.24, 2.45) is 0 Å². The van der Waals surface area contributed by atoms with E-state index in [-0.39, 0.29) is 5.91 Å². The molecule has 3 rings (SSSR count).